The van der Waals surface area contributed by atoms with Crippen LogP contribution in [-0.4, -0.2) is 29.3 Å². The minimum absolute atomic E-state index is 0.240. The Morgan fingerprint density at radius 1 is 0.871 bits per heavy atom. The van der Waals surface area contributed by atoms with Gasteiger partial charge in [-0.2, -0.15) is 4.98 Å². The van der Waals surface area contributed by atoms with Crippen molar-refractivity contribution in [1.82, 2.24) is 10.1 Å². The summed E-state index contributed by atoms with van der Waals surface area (Å²) in [6.07, 6.45) is 0. The number of aromatic nitrogens is 2. The minimum atomic E-state index is -0.240. The monoisotopic (exact) mass is 433 g/mol. The van der Waals surface area contributed by atoms with Crippen molar-refractivity contribution >= 4 is 23.2 Å². The number of carbonyl (C=O) groups excluding carboxylic acids is 1. The van der Waals surface area contributed by atoms with E-state index in [2.05, 4.69) is 15.5 Å². The van der Waals surface area contributed by atoms with Gasteiger partial charge in [-0.15, -0.1) is 0 Å². The molecule has 1 aliphatic heterocycles. The highest BCUT2D eigenvalue weighted by Crippen LogP contribution is 2.32. The largest absolute Gasteiger partial charge is 0.486 e. The standard InChI is InChI=1S/C23H16ClN3O4/c24-17-7-5-14(6-8-17)21-26-23(31-27-21)16-3-1-15(2-4-16)22(28)25-18-9-10-19-20(13-18)30-12-11-29-19/h1-10,13H,11-12H2,(H,25,28). The van der Waals surface area contributed by atoms with E-state index in [0.29, 0.717) is 58.3 Å². The summed E-state index contributed by atoms with van der Waals surface area (Å²) in [5.41, 5.74) is 2.64. The molecule has 0 atom stereocenters. The van der Waals surface area contributed by atoms with Crippen LogP contribution >= 0.6 is 11.6 Å². The van der Waals surface area contributed by atoms with Crippen LogP contribution in [0.1, 0.15) is 10.4 Å². The quantitative estimate of drug-likeness (QED) is 0.483. The molecule has 4 aromatic rings. The Morgan fingerprint density at radius 3 is 2.35 bits per heavy atom. The van der Waals surface area contributed by atoms with E-state index < -0.39 is 0 Å². The number of hydrogen-bond donors (Lipinski definition) is 1. The van der Waals surface area contributed by atoms with E-state index >= 15 is 0 Å². The van der Waals surface area contributed by atoms with E-state index in [-0.39, 0.29) is 5.91 Å². The maximum Gasteiger partial charge on any atom is 0.258 e. The van der Waals surface area contributed by atoms with Gasteiger partial charge >= 0.3 is 0 Å². The molecule has 1 aliphatic rings. The van der Waals surface area contributed by atoms with Gasteiger partial charge < -0.3 is 19.3 Å². The van der Waals surface area contributed by atoms with Gasteiger partial charge in [-0.25, -0.2) is 0 Å². The highest BCUT2D eigenvalue weighted by molar-refractivity contribution is 6.30. The molecule has 7 nitrogen and oxygen atoms in total. The van der Waals surface area contributed by atoms with Gasteiger partial charge in [-0.05, 0) is 60.7 Å². The van der Waals surface area contributed by atoms with Crippen molar-refractivity contribution in [2.24, 2.45) is 0 Å². The fourth-order valence-electron chi connectivity index (χ4n) is 3.15. The van der Waals surface area contributed by atoms with Crippen LogP contribution < -0.4 is 14.8 Å². The zero-order valence-corrected chi connectivity index (χ0v) is 16.9. The first-order valence-corrected chi connectivity index (χ1v) is 9.94. The Kier molecular flexibility index (Phi) is 5.01. The van der Waals surface area contributed by atoms with Gasteiger partial charge in [0.15, 0.2) is 11.5 Å². The van der Waals surface area contributed by atoms with Gasteiger partial charge in [0.25, 0.3) is 11.8 Å². The third-order valence-corrected chi connectivity index (χ3v) is 4.97. The first-order valence-electron chi connectivity index (χ1n) is 9.57. The molecule has 0 saturated heterocycles. The van der Waals surface area contributed by atoms with Crippen LogP contribution in [0.15, 0.2) is 71.3 Å². The average Bonchev–Trinajstić information content (AvgIpc) is 3.30. The predicted molar refractivity (Wildman–Crippen MR) is 116 cm³/mol. The summed E-state index contributed by atoms with van der Waals surface area (Å²) in [6, 6.07) is 19.4. The second-order valence-electron chi connectivity index (χ2n) is 6.82. The number of amides is 1. The first kappa shape index (κ1) is 19.1. The molecule has 2 heterocycles. The minimum Gasteiger partial charge on any atom is -0.486 e. The van der Waals surface area contributed by atoms with Crippen molar-refractivity contribution in [3.8, 4) is 34.3 Å². The second-order valence-corrected chi connectivity index (χ2v) is 7.26. The Morgan fingerprint density at radius 2 is 1.58 bits per heavy atom. The van der Waals surface area contributed by atoms with E-state index in [1.165, 1.54) is 0 Å². The van der Waals surface area contributed by atoms with E-state index in [0.717, 1.165) is 5.56 Å². The van der Waals surface area contributed by atoms with Gasteiger partial charge in [0, 0.05) is 33.5 Å². The summed E-state index contributed by atoms with van der Waals surface area (Å²) in [7, 11) is 0. The summed E-state index contributed by atoms with van der Waals surface area (Å²) in [6.45, 7) is 1.01. The zero-order chi connectivity index (χ0) is 21.2. The maximum atomic E-state index is 12.6. The molecule has 0 spiro atoms. The molecular formula is C23H16ClN3O4. The number of anilines is 1. The number of hydrogen-bond acceptors (Lipinski definition) is 6. The Bertz CT molecular complexity index is 1240. The van der Waals surface area contributed by atoms with Crippen molar-refractivity contribution in [3.05, 3.63) is 77.3 Å². The molecule has 154 valence electrons. The molecule has 1 aromatic heterocycles. The number of halogens is 1. The highest BCUT2D eigenvalue weighted by atomic mass is 35.5. The van der Waals surface area contributed by atoms with Crippen molar-refractivity contribution in [1.29, 1.82) is 0 Å². The van der Waals surface area contributed by atoms with Gasteiger partial charge in [0.1, 0.15) is 13.2 Å². The van der Waals surface area contributed by atoms with Crippen LogP contribution in [-0.2, 0) is 0 Å². The normalized spacial score (nSPS) is 12.4. The lowest BCUT2D eigenvalue weighted by molar-refractivity contribution is 0.102. The Balaban J connectivity index is 1.30. The van der Waals surface area contributed by atoms with Crippen molar-refractivity contribution in [2.45, 2.75) is 0 Å². The van der Waals surface area contributed by atoms with Crippen molar-refractivity contribution < 1.29 is 18.8 Å². The number of rotatable bonds is 4. The number of fused-ring (bicyclic) bond motifs is 1. The topological polar surface area (TPSA) is 86.5 Å². The molecule has 8 heteroatoms. The summed E-state index contributed by atoms with van der Waals surface area (Å²) in [5, 5.41) is 7.51. The van der Waals surface area contributed by atoms with E-state index in [1.54, 1.807) is 54.6 Å². The Labute approximate surface area is 182 Å². The lowest BCUT2D eigenvalue weighted by Crippen LogP contribution is -2.16. The number of carbonyl (C=O) groups is 1. The van der Waals surface area contributed by atoms with Crippen LogP contribution in [0.5, 0.6) is 11.5 Å². The smallest absolute Gasteiger partial charge is 0.258 e. The Hall–Kier alpha value is -3.84. The van der Waals surface area contributed by atoms with Crippen LogP contribution in [0.25, 0.3) is 22.8 Å². The molecule has 0 saturated carbocycles. The lowest BCUT2D eigenvalue weighted by Gasteiger charge is -2.19. The van der Waals surface area contributed by atoms with Crippen LogP contribution in [0.4, 0.5) is 5.69 Å². The highest BCUT2D eigenvalue weighted by Gasteiger charge is 2.15. The third kappa shape index (κ3) is 4.08. The summed E-state index contributed by atoms with van der Waals surface area (Å²) >= 11 is 5.91. The van der Waals surface area contributed by atoms with E-state index in [9.17, 15) is 4.79 Å². The van der Waals surface area contributed by atoms with Crippen LogP contribution in [0, 0.1) is 0 Å². The fraction of sp³-hybridized carbons (Fsp3) is 0.0870. The molecule has 0 aliphatic carbocycles. The van der Waals surface area contributed by atoms with Crippen molar-refractivity contribution in [2.75, 3.05) is 18.5 Å². The molecule has 31 heavy (non-hydrogen) atoms. The fourth-order valence-corrected chi connectivity index (χ4v) is 3.27. The van der Waals surface area contributed by atoms with Gasteiger partial charge in [-0.3, -0.25) is 4.79 Å². The van der Waals surface area contributed by atoms with E-state index in [4.69, 9.17) is 25.6 Å². The maximum absolute atomic E-state index is 12.6. The van der Waals surface area contributed by atoms with Crippen LogP contribution in [0.3, 0.4) is 0 Å². The second kappa shape index (κ2) is 8.12. The summed E-state index contributed by atoms with van der Waals surface area (Å²) < 4.78 is 16.4. The number of ether oxygens (including phenoxy) is 2. The summed E-state index contributed by atoms with van der Waals surface area (Å²) in [4.78, 5) is 17.0. The zero-order valence-electron chi connectivity index (χ0n) is 16.2. The average molecular weight is 434 g/mol. The SMILES string of the molecule is O=C(Nc1ccc2c(c1)OCCO2)c1ccc(-c2nc(-c3ccc(Cl)cc3)no2)cc1. The molecule has 0 unspecified atom stereocenters. The van der Waals surface area contributed by atoms with E-state index in [1.807, 2.05) is 12.1 Å². The third-order valence-electron chi connectivity index (χ3n) is 4.72. The van der Waals surface area contributed by atoms with Gasteiger partial charge in [-0.1, -0.05) is 16.8 Å². The molecular weight excluding hydrogens is 418 g/mol. The molecule has 5 rings (SSSR count). The predicted octanol–water partition coefficient (Wildman–Crippen LogP) is 5.08. The summed E-state index contributed by atoms with van der Waals surface area (Å²) in [5.74, 6) is 1.88. The van der Waals surface area contributed by atoms with Gasteiger partial charge in [0.2, 0.25) is 5.82 Å². The van der Waals surface area contributed by atoms with Crippen LogP contribution in [0.2, 0.25) is 5.02 Å². The molecule has 1 N–H and O–H groups in total. The first-order chi connectivity index (χ1) is 15.2. The molecule has 0 fully saturated rings. The number of benzene rings is 3. The molecule has 0 radical (unpaired) electrons. The lowest BCUT2D eigenvalue weighted by atomic mass is 10.1. The molecule has 0 bridgehead atoms. The van der Waals surface area contributed by atoms with Crippen molar-refractivity contribution in [3.63, 3.8) is 0 Å². The van der Waals surface area contributed by atoms with Gasteiger partial charge in [0.05, 0.1) is 0 Å². The number of nitrogens with one attached hydrogen (secondary N) is 1. The molecule has 3 aromatic carbocycles. The molecule has 1 amide bonds. The number of nitrogens with zero attached hydrogens (tertiary/aromatic N) is 2.